The van der Waals surface area contributed by atoms with Gasteiger partial charge < -0.3 is 0 Å². The molecule has 0 amide bonds. The molecule has 0 aromatic heterocycles. The molecule has 0 saturated heterocycles. The third kappa shape index (κ3) is 1.67. The summed E-state index contributed by atoms with van der Waals surface area (Å²) in [5.74, 6) is 6.76. The van der Waals surface area contributed by atoms with Crippen molar-refractivity contribution >= 4 is 22.6 Å². The highest BCUT2D eigenvalue weighted by molar-refractivity contribution is 14.1. The van der Waals surface area contributed by atoms with Crippen LogP contribution in [0.2, 0.25) is 0 Å². The Bertz CT molecular complexity index is 260. The van der Waals surface area contributed by atoms with Crippen LogP contribution in [0.1, 0.15) is 52.4 Å². The molecular formula is C15H25I. The Kier molecular flexibility index (Phi) is 3.27. The number of hydrogen-bond donors (Lipinski definition) is 0. The van der Waals surface area contributed by atoms with Gasteiger partial charge in [-0.3, -0.25) is 0 Å². The molecule has 7 atom stereocenters. The predicted octanol–water partition coefficient (Wildman–Crippen LogP) is 4.91. The summed E-state index contributed by atoms with van der Waals surface area (Å²) < 4.78 is 0.911. The summed E-state index contributed by atoms with van der Waals surface area (Å²) in [6.07, 6.45) is 9.26. The Hall–Kier alpha value is 0.730. The molecule has 7 unspecified atom stereocenters. The van der Waals surface area contributed by atoms with Crippen LogP contribution in [0.15, 0.2) is 0 Å². The van der Waals surface area contributed by atoms with Crippen molar-refractivity contribution in [3.63, 3.8) is 0 Å². The molecule has 3 saturated carbocycles. The van der Waals surface area contributed by atoms with Crippen LogP contribution >= 0.6 is 22.6 Å². The largest absolute Gasteiger partial charge is 0.0826 e. The van der Waals surface area contributed by atoms with Gasteiger partial charge in [0, 0.05) is 3.92 Å². The third-order valence-corrected chi connectivity index (χ3v) is 6.88. The van der Waals surface area contributed by atoms with Crippen molar-refractivity contribution in [1.29, 1.82) is 0 Å². The van der Waals surface area contributed by atoms with Gasteiger partial charge in [0.1, 0.15) is 0 Å². The fourth-order valence-electron chi connectivity index (χ4n) is 5.53. The van der Waals surface area contributed by atoms with Crippen LogP contribution in [0.25, 0.3) is 0 Å². The topological polar surface area (TPSA) is 0 Å². The molecule has 3 rings (SSSR count). The number of alkyl halides is 1. The molecule has 0 nitrogen and oxygen atoms in total. The number of hydrogen-bond acceptors (Lipinski definition) is 0. The van der Waals surface area contributed by atoms with E-state index in [2.05, 4.69) is 36.4 Å². The Morgan fingerprint density at radius 1 is 1.19 bits per heavy atom. The average Bonchev–Trinajstić information content (AvgIpc) is 2.85. The van der Waals surface area contributed by atoms with Crippen molar-refractivity contribution < 1.29 is 0 Å². The van der Waals surface area contributed by atoms with E-state index in [1.807, 2.05) is 0 Å². The molecule has 0 heterocycles. The second-order valence-electron chi connectivity index (χ2n) is 6.60. The Morgan fingerprint density at radius 2 is 2.00 bits per heavy atom. The van der Waals surface area contributed by atoms with E-state index in [4.69, 9.17) is 0 Å². The van der Waals surface area contributed by atoms with Gasteiger partial charge in [-0.15, -0.1) is 0 Å². The molecule has 0 radical (unpaired) electrons. The van der Waals surface area contributed by atoms with E-state index in [0.717, 1.165) is 39.4 Å². The Balaban J connectivity index is 1.77. The normalized spacial score (nSPS) is 51.9. The maximum atomic E-state index is 2.69. The number of fused-ring (bicyclic) bond motifs is 5. The van der Waals surface area contributed by atoms with Crippen LogP contribution < -0.4 is 0 Å². The van der Waals surface area contributed by atoms with Gasteiger partial charge in [0.2, 0.25) is 0 Å². The van der Waals surface area contributed by atoms with Crippen LogP contribution in [-0.4, -0.2) is 3.92 Å². The van der Waals surface area contributed by atoms with E-state index in [1.54, 1.807) is 25.7 Å². The van der Waals surface area contributed by atoms with Crippen molar-refractivity contribution in [3.8, 4) is 0 Å². The zero-order chi connectivity index (χ0) is 11.3. The number of halogens is 1. The molecule has 0 spiro atoms. The smallest absolute Gasteiger partial charge is 0.0112 e. The highest BCUT2D eigenvalue weighted by atomic mass is 127. The second-order valence-corrected chi connectivity index (χ2v) is 8.57. The van der Waals surface area contributed by atoms with Gasteiger partial charge in [0.25, 0.3) is 0 Å². The highest BCUT2D eigenvalue weighted by Gasteiger charge is 2.57. The third-order valence-electron chi connectivity index (χ3n) is 5.96. The molecule has 16 heavy (non-hydrogen) atoms. The van der Waals surface area contributed by atoms with E-state index >= 15 is 0 Å². The first-order valence-corrected chi connectivity index (χ1v) is 8.61. The lowest BCUT2D eigenvalue weighted by Crippen LogP contribution is -2.30. The first kappa shape index (κ1) is 11.8. The van der Waals surface area contributed by atoms with Crippen molar-refractivity contribution in [2.24, 2.45) is 35.5 Å². The summed E-state index contributed by atoms with van der Waals surface area (Å²) in [6, 6.07) is 0. The standard InChI is InChI=1S/C15H25I/c1-3-4-10-7-11-8-14(10)15-12(9(2)16)5-6-13(11)15/h9-15H,3-8H2,1-2H3. The van der Waals surface area contributed by atoms with E-state index in [9.17, 15) is 0 Å². The van der Waals surface area contributed by atoms with Gasteiger partial charge >= 0.3 is 0 Å². The van der Waals surface area contributed by atoms with Crippen molar-refractivity contribution in [2.45, 2.75) is 56.3 Å². The Labute approximate surface area is 114 Å². The predicted molar refractivity (Wildman–Crippen MR) is 77.8 cm³/mol. The highest BCUT2D eigenvalue weighted by Crippen LogP contribution is 2.64. The SMILES string of the molecule is CCCC1CC2CC1C1C(C(C)I)CCC21. The van der Waals surface area contributed by atoms with Crippen LogP contribution in [0.4, 0.5) is 0 Å². The molecule has 3 aliphatic carbocycles. The monoisotopic (exact) mass is 332 g/mol. The van der Waals surface area contributed by atoms with Crippen LogP contribution in [-0.2, 0) is 0 Å². The molecule has 1 heteroatoms. The fraction of sp³-hybridized carbons (Fsp3) is 1.00. The summed E-state index contributed by atoms with van der Waals surface area (Å²) in [4.78, 5) is 0. The van der Waals surface area contributed by atoms with E-state index in [0.29, 0.717) is 0 Å². The van der Waals surface area contributed by atoms with Crippen LogP contribution in [0.5, 0.6) is 0 Å². The molecule has 3 fully saturated rings. The van der Waals surface area contributed by atoms with Gasteiger partial charge in [-0.2, -0.15) is 0 Å². The zero-order valence-corrected chi connectivity index (χ0v) is 12.8. The molecule has 0 aromatic rings. The summed E-state index contributed by atoms with van der Waals surface area (Å²) in [7, 11) is 0. The number of rotatable bonds is 3. The van der Waals surface area contributed by atoms with E-state index < -0.39 is 0 Å². The van der Waals surface area contributed by atoms with Gasteiger partial charge in [-0.1, -0.05) is 49.3 Å². The first-order valence-electron chi connectivity index (χ1n) is 7.36. The summed E-state index contributed by atoms with van der Waals surface area (Å²) in [6.45, 7) is 4.82. The zero-order valence-electron chi connectivity index (χ0n) is 10.7. The lowest BCUT2D eigenvalue weighted by atomic mass is 9.71. The van der Waals surface area contributed by atoms with Gasteiger partial charge in [-0.05, 0) is 61.2 Å². The first-order chi connectivity index (χ1) is 7.72. The molecular weight excluding hydrogens is 307 g/mol. The minimum Gasteiger partial charge on any atom is -0.0826 e. The molecule has 3 aliphatic rings. The lowest BCUT2D eigenvalue weighted by molar-refractivity contribution is 0.148. The summed E-state index contributed by atoms with van der Waals surface area (Å²) >= 11 is 2.69. The van der Waals surface area contributed by atoms with Gasteiger partial charge in [0.15, 0.2) is 0 Å². The second kappa shape index (κ2) is 4.44. The summed E-state index contributed by atoms with van der Waals surface area (Å²) in [5, 5.41) is 0. The average molecular weight is 332 g/mol. The quantitative estimate of drug-likeness (QED) is 0.509. The van der Waals surface area contributed by atoms with Crippen molar-refractivity contribution in [1.82, 2.24) is 0 Å². The maximum absolute atomic E-state index is 2.69. The van der Waals surface area contributed by atoms with Gasteiger partial charge in [-0.25, -0.2) is 0 Å². The molecule has 0 aliphatic heterocycles. The molecule has 2 bridgehead atoms. The van der Waals surface area contributed by atoms with Crippen molar-refractivity contribution in [2.75, 3.05) is 0 Å². The van der Waals surface area contributed by atoms with E-state index in [-0.39, 0.29) is 0 Å². The molecule has 0 N–H and O–H groups in total. The van der Waals surface area contributed by atoms with Gasteiger partial charge in [0.05, 0.1) is 0 Å². The summed E-state index contributed by atoms with van der Waals surface area (Å²) in [5.41, 5.74) is 0. The van der Waals surface area contributed by atoms with Crippen LogP contribution in [0, 0.1) is 35.5 Å². The fourth-order valence-corrected chi connectivity index (χ4v) is 6.37. The molecule has 92 valence electrons. The Morgan fingerprint density at radius 3 is 2.69 bits per heavy atom. The maximum Gasteiger partial charge on any atom is 0.0112 e. The molecule has 0 aromatic carbocycles. The van der Waals surface area contributed by atoms with Crippen LogP contribution in [0.3, 0.4) is 0 Å². The van der Waals surface area contributed by atoms with E-state index in [1.165, 1.54) is 12.8 Å². The lowest BCUT2D eigenvalue weighted by Gasteiger charge is -2.35. The van der Waals surface area contributed by atoms with Crippen molar-refractivity contribution in [3.05, 3.63) is 0 Å². The minimum absolute atomic E-state index is 0.911. The minimum atomic E-state index is 0.911.